The Kier molecular flexibility index (Phi) is 7.74. The van der Waals surface area contributed by atoms with Gasteiger partial charge in [-0.05, 0) is 48.9 Å². The summed E-state index contributed by atoms with van der Waals surface area (Å²) < 4.78 is 24.3. The van der Waals surface area contributed by atoms with Gasteiger partial charge in [0.1, 0.15) is 28.7 Å². The molecule has 1 aromatic carbocycles. The number of nitrogens with one attached hydrogen (secondary N) is 1. The van der Waals surface area contributed by atoms with Crippen LogP contribution >= 0.6 is 0 Å². The van der Waals surface area contributed by atoms with Crippen molar-refractivity contribution in [3.05, 3.63) is 112 Å². The number of aromatic nitrogens is 5. The predicted octanol–water partition coefficient (Wildman–Crippen LogP) is 3.68. The van der Waals surface area contributed by atoms with Gasteiger partial charge in [-0.3, -0.25) is 19.1 Å². The molecule has 0 radical (unpaired) electrons. The highest BCUT2D eigenvalue weighted by Gasteiger charge is 2.32. The van der Waals surface area contributed by atoms with E-state index in [4.69, 9.17) is 4.74 Å². The highest BCUT2D eigenvalue weighted by molar-refractivity contribution is 5.87. The monoisotopic (exact) mass is 662 g/mol. The summed E-state index contributed by atoms with van der Waals surface area (Å²) in [5.41, 5.74) is 2.84. The highest BCUT2D eigenvalue weighted by atomic mass is 19.1. The van der Waals surface area contributed by atoms with Crippen molar-refractivity contribution in [1.29, 1.82) is 0 Å². The predicted molar refractivity (Wildman–Crippen MR) is 185 cm³/mol. The summed E-state index contributed by atoms with van der Waals surface area (Å²) in [6, 6.07) is 14.5. The summed E-state index contributed by atoms with van der Waals surface area (Å²) in [4.78, 5) is 40.9. The van der Waals surface area contributed by atoms with Gasteiger partial charge in [0.15, 0.2) is 0 Å². The van der Waals surface area contributed by atoms with E-state index >= 15 is 0 Å². The minimum Gasteiger partial charge on any atom is -0.392 e. The van der Waals surface area contributed by atoms with Gasteiger partial charge < -0.3 is 29.0 Å². The fraction of sp³-hybridized carbons (Fsp3) is 0.278. The molecule has 8 rings (SSSR count). The smallest absolute Gasteiger partial charge is 0.280 e. The fourth-order valence-corrected chi connectivity index (χ4v) is 7.02. The molecule has 0 unspecified atom stereocenters. The minimum atomic E-state index is -0.431. The summed E-state index contributed by atoms with van der Waals surface area (Å²) in [6.45, 7) is 6.25. The molecule has 7 heterocycles. The van der Waals surface area contributed by atoms with E-state index in [0.717, 1.165) is 38.5 Å². The number of para-hydroxylation sites is 1. The van der Waals surface area contributed by atoms with Gasteiger partial charge in [0.25, 0.3) is 11.1 Å². The zero-order valence-corrected chi connectivity index (χ0v) is 27.1. The molecular formula is C36H35FN8O4. The van der Waals surface area contributed by atoms with E-state index in [2.05, 4.69) is 32.0 Å². The van der Waals surface area contributed by atoms with Crippen molar-refractivity contribution in [3.63, 3.8) is 0 Å². The van der Waals surface area contributed by atoms with E-state index in [0.29, 0.717) is 51.2 Å². The zero-order valence-electron chi connectivity index (χ0n) is 27.1. The Morgan fingerprint density at radius 2 is 1.90 bits per heavy atom. The van der Waals surface area contributed by atoms with Crippen molar-refractivity contribution in [2.24, 2.45) is 7.05 Å². The number of pyridine rings is 3. The van der Waals surface area contributed by atoms with Crippen LogP contribution in [0, 0.1) is 5.82 Å². The number of benzene rings is 1. The fourth-order valence-electron chi connectivity index (χ4n) is 7.02. The van der Waals surface area contributed by atoms with Gasteiger partial charge in [0.2, 0.25) is 0 Å². The van der Waals surface area contributed by atoms with Crippen molar-refractivity contribution >= 4 is 33.6 Å². The molecule has 2 N–H and O–H groups in total. The third-order valence-electron chi connectivity index (χ3n) is 9.67. The van der Waals surface area contributed by atoms with E-state index < -0.39 is 18.0 Å². The van der Waals surface area contributed by atoms with Crippen LogP contribution in [0.2, 0.25) is 0 Å². The molecule has 0 aliphatic carbocycles. The van der Waals surface area contributed by atoms with Crippen molar-refractivity contribution in [2.45, 2.75) is 25.6 Å². The lowest BCUT2D eigenvalue weighted by molar-refractivity contribution is -0.0691. The van der Waals surface area contributed by atoms with Crippen LogP contribution in [0.5, 0.6) is 0 Å². The molecule has 2 aliphatic heterocycles. The summed E-state index contributed by atoms with van der Waals surface area (Å²) in [6.07, 6.45) is 8.17. The van der Waals surface area contributed by atoms with Gasteiger partial charge in [-0.25, -0.2) is 14.4 Å². The Labute approximate surface area is 280 Å². The number of halogens is 1. The molecule has 250 valence electrons. The van der Waals surface area contributed by atoms with Crippen LogP contribution in [0.4, 0.5) is 21.6 Å². The minimum absolute atomic E-state index is 0.231. The number of fused-ring (bicyclic) bond motifs is 3. The van der Waals surface area contributed by atoms with Gasteiger partial charge in [0, 0.05) is 74.0 Å². The number of nitrogens with zero attached hydrogens (tertiary/aromatic N) is 7. The maximum atomic E-state index is 14.6. The highest BCUT2D eigenvalue weighted by Crippen LogP contribution is 2.30. The Hall–Kier alpha value is -5.37. The third-order valence-corrected chi connectivity index (χ3v) is 9.67. The molecule has 6 aromatic rings. The molecule has 0 spiro atoms. The number of aryl methyl sites for hydroxylation is 1. The van der Waals surface area contributed by atoms with E-state index in [1.54, 1.807) is 56.0 Å². The first-order chi connectivity index (χ1) is 23.8. The lowest BCUT2D eigenvalue weighted by atomic mass is 10.0. The van der Waals surface area contributed by atoms with E-state index in [1.165, 1.54) is 25.8 Å². The average Bonchev–Trinajstić information content (AvgIpc) is 3.47. The van der Waals surface area contributed by atoms with E-state index in [1.807, 2.05) is 18.3 Å². The van der Waals surface area contributed by atoms with E-state index in [9.17, 15) is 19.1 Å². The van der Waals surface area contributed by atoms with Crippen LogP contribution in [0.25, 0.3) is 33.4 Å². The number of aliphatic hydroxyl groups excluding tert-OH is 1. The van der Waals surface area contributed by atoms with Crippen molar-refractivity contribution in [3.8, 4) is 16.9 Å². The lowest BCUT2D eigenvalue weighted by Gasteiger charge is -2.46. The van der Waals surface area contributed by atoms with Gasteiger partial charge in [-0.2, -0.15) is 0 Å². The molecule has 0 saturated carbocycles. The molecular weight excluding hydrogens is 627 g/mol. The first kappa shape index (κ1) is 30.9. The molecule has 49 heavy (non-hydrogen) atoms. The molecule has 2 fully saturated rings. The van der Waals surface area contributed by atoms with Gasteiger partial charge in [-0.15, -0.1) is 0 Å². The van der Waals surface area contributed by atoms with Crippen LogP contribution in [0.15, 0.2) is 89.1 Å². The first-order valence-electron chi connectivity index (χ1n) is 16.2. The number of rotatable bonds is 7. The van der Waals surface area contributed by atoms with Crippen LogP contribution in [-0.4, -0.2) is 78.4 Å². The quantitative estimate of drug-likeness (QED) is 0.264. The Balaban J connectivity index is 1.09. The number of piperazine rings is 1. The normalized spacial score (nSPS) is 17.1. The number of ether oxygens (including phenoxy) is 1. The average molecular weight is 663 g/mol. The summed E-state index contributed by atoms with van der Waals surface area (Å²) in [5, 5.41) is 14.4. The summed E-state index contributed by atoms with van der Waals surface area (Å²) in [5.74, 6) is 0.318. The first-order valence-corrected chi connectivity index (χ1v) is 16.2. The van der Waals surface area contributed by atoms with Crippen LogP contribution in [0.1, 0.15) is 12.5 Å². The second-order valence-electron chi connectivity index (χ2n) is 12.7. The lowest BCUT2D eigenvalue weighted by Crippen LogP contribution is -2.59. The maximum absolute atomic E-state index is 14.6. The number of aliphatic hydroxyl groups is 1. The molecule has 12 nitrogen and oxygen atoms in total. The SMILES string of the molecule is C[C@H]1CN(C2COC2)CCN1c1ccc(Nc2cc(-c3ccnc(-n4ccn5c(cc6cccc(F)c65)c4=O)c3CO)cn(C)c2=O)nc1. The molecule has 0 bridgehead atoms. The molecule has 13 heteroatoms. The second kappa shape index (κ2) is 12.3. The van der Waals surface area contributed by atoms with Crippen molar-refractivity contribution < 1.29 is 14.2 Å². The molecule has 0 amide bonds. The maximum Gasteiger partial charge on any atom is 0.280 e. The van der Waals surface area contributed by atoms with E-state index in [-0.39, 0.29) is 16.9 Å². The summed E-state index contributed by atoms with van der Waals surface area (Å²) in [7, 11) is 1.65. The Morgan fingerprint density at radius 1 is 1.04 bits per heavy atom. The van der Waals surface area contributed by atoms with Crippen LogP contribution in [-0.2, 0) is 18.4 Å². The van der Waals surface area contributed by atoms with Crippen molar-refractivity contribution in [1.82, 2.24) is 28.4 Å². The van der Waals surface area contributed by atoms with Crippen molar-refractivity contribution in [2.75, 3.05) is 43.1 Å². The Morgan fingerprint density at radius 3 is 2.63 bits per heavy atom. The van der Waals surface area contributed by atoms with Gasteiger partial charge in [-0.1, -0.05) is 12.1 Å². The molecule has 5 aromatic heterocycles. The second-order valence-corrected chi connectivity index (χ2v) is 12.7. The number of hydrogen-bond donors (Lipinski definition) is 2. The van der Waals surface area contributed by atoms with Gasteiger partial charge >= 0.3 is 0 Å². The number of anilines is 3. The van der Waals surface area contributed by atoms with Crippen LogP contribution < -0.4 is 21.3 Å². The topological polar surface area (TPSA) is 122 Å². The molecule has 2 saturated heterocycles. The van der Waals surface area contributed by atoms with Gasteiger partial charge in [0.05, 0.1) is 43.3 Å². The molecule has 2 aliphatic rings. The largest absolute Gasteiger partial charge is 0.392 e. The zero-order chi connectivity index (χ0) is 33.8. The Bertz CT molecular complexity index is 2330. The number of hydrogen-bond acceptors (Lipinski definition) is 9. The standard InChI is InChI=1S/C36H35FN8O4/c1-22-17-42(26-20-49-21-26)10-11-43(22)25-6-7-32(39-16-25)40-30-14-24(18-41(2)35(30)47)27-8-9-38-34(28(27)19-46)45-13-12-44-31(36(45)48)15-23-4-3-5-29(37)33(23)44/h3-9,12-16,18,22,26,46H,10-11,17,19-21H2,1-2H3,(H,39,40)/t22-/m0/s1. The third kappa shape index (κ3) is 5.36. The summed E-state index contributed by atoms with van der Waals surface area (Å²) >= 11 is 0. The van der Waals surface area contributed by atoms with Crippen LogP contribution in [0.3, 0.4) is 0 Å². The molecule has 1 atom stereocenters.